The summed E-state index contributed by atoms with van der Waals surface area (Å²) in [5.74, 6) is 0.577. The van der Waals surface area contributed by atoms with Crippen molar-refractivity contribution >= 4 is 33.2 Å². The Bertz CT molecular complexity index is 1340. The molecule has 3 aromatic carbocycles. The lowest BCUT2D eigenvalue weighted by atomic mass is 9.94. The minimum Gasteiger partial charge on any atom is -0.493 e. The van der Waals surface area contributed by atoms with Crippen LogP contribution in [0.5, 0.6) is 5.75 Å². The van der Waals surface area contributed by atoms with Gasteiger partial charge in [0.05, 0.1) is 12.9 Å². The van der Waals surface area contributed by atoms with E-state index in [1.807, 2.05) is 39.2 Å². The summed E-state index contributed by atoms with van der Waals surface area (Å²) in [4.78, 5) is 12.3. The van der Waals surface area contributed by atoms with Crippen LogP contribution in [0.15, 0.2) is 77.9 Å². The van der Waals surface area contributed by atoms with E-state index in [1.54, 1.807) is 12.2 Å². The van der Waals surface area contributed by atoms with Gasteiger partial charge in [-0.1, -0.05) is 48.5 Å². The maximum atomic E-state index is 12.3. The predicted octanol–water partition coefficient (Wildman–Crippen LogP) is 6.67. The standard InChI is InChI=1S/C28H27NO3/c1-5-14-29-26(30)15-18(3)23-16-24-25(17-32-28(24)19(4)27(23)31-6-2)22-13-9-11-20-10-7-8-12-21(20)22/h5,7-13,15-17H,1,6,14H2,2-4H3,(H,29,30)/b18-15+. The number of furan rings is 1. The average molecular weight is 426 g/mol. The molecule has 0 aliphatic carbocycles. The number of carbonyl (C=O) groups is 1. The minimum absolute atomic E-state index is 0.163. The van der Waals surface area contributed by atoms with Gasteiger partial charge in [0.1, 0.15) is 11.3 Å². The van der Waals surface area contributed by atoms with Crippen LogP contribution in [-0.2, 0) is 4.79 Å². The van der Waals surface area contributed by atoms with Crippen LogP contribution in [0.3, 0.4) is 0 Å². The molecule has 4 nitrogen and oxygen atoms in total. The first-order chi connectivity index (χ1) is 15.5. The van der Waals surface area contributed by atoms with Crippen molar-refractivity contribution in [1.82, 2.24) is 5.32 Å². The Morgan fingerprint density at radius 3 is 2.69 bits per heavy atom. The van der Waals surface area contributed by atoms with E-state index in [1.165, 1.54) is 10.8 Å². The van der Waals surface area contributed by atoms with Crippen LogP contribution in [-0.4, -0.2) is 19.1 Å². The van der Waals surface area contributed by atoms with Gasteiger partial charge in [-0.2, -0.15) is 0 Å². The van der Waals surface area contributed by atoms with Crippen molar-refractivity contribution in [2.45, 2.75) is 20.8 Å². The molecule has 1 N–H and O–H groups in total. The molecular weight excluding hydrogens is 398 g/mol. The molecule has 4 aromatic rings. The van der Waals surface area contributed by atoms with Gasteiger partial charge in [0.15, 0.2) is 0 Å². The van der Waals surface area contributed by atoms with Crippen molar-refractivity contribution in [1.29, 1.82) is 0 Å². The molecule has 4 heteroatoms. The summed E-state index contributed by atoms with van der Waals surface area (Å²) in [6.07, 6.45) is 5.07. The Balaban J connectivity index is 1.93. The van der Waals surface area contributed by atoms with E-state index in [9.17, 15) is 4.79 Å². The van der Waals surface area contributed by atoms with Gasteiger partial charge in [-0.25, -0.2) is 0 Å². The van der Waals surface area contributed by atoms with Crippen LogP contribution < -0.4 is 10.1 Å². The zero-order valence-corrected chi connectivity index (χ0v) is 18.7. The molecule has 0 atom stereocenters. The number of hydrogen-bond donors (Lipinski definition) is 1. The van der Waals surface area contributed by atoms with E-state index in [4.69, 9.17) is 9.15 Å². The van der Waals surface area contributed by atoms with E-state index in [0.29, 0.717) is 13.2 Å². The number of amides is 1. The Morgan fingerprint density at radius 1 is 1.12 bits per heavy atom. The third-order valence-electron chi connectivity index (χ3n) is 5.61. The van der Waals surface area contributed by atoms with Crippen molar-refractivity contribution in [3.8, 4) is 16.9 Å². The number of carbonyl (C=O) groups excluding carboxylic acids is 1. The van der Waals surface area contributed by atoms with Crippen molar-refractivity contribution in [3.05, 3.63) is 84.7 Å². The van der Waals surface area contributed by atoms with Gasteiger partial charge in [0.25, 0.3) is 0 Å². The number of nitrogens with one attached hydrogen (secondary N) is 1. The Labute approximate surface area is 188 Å². The van der Waals surface area contributed by atoms with Crippen molar-refractivity contribution < 1.29 is 13.9 Å². The van der Waals surface area contributed by atoms with Crippen molar-refractivity contribution in [2.24, 2.45) is 0 Å². The molecule has 0 spiro atoms. The quantitative estimate of drug-likeness (QED) is 0.266. The molecule has 0 radical (unpaired) electrons. The van der Waals surface area contributed by atoms with Crippen LogP contribution in [0.4, 0.5) is 0 Å². The van der Waals surface area contributed by atoms with Crippen LogP contribution in [0, 0.1) is 6.92 Å². The van der Waals surface area contributed by atoms with Gasteiger partial charge >= 0.3 is 0 Å². The number of aryl methyl sites for hydroxylation is 1. The summed E-state index contributed by atoms with van der Waals surface area (Å²) in [6, 6.07) is 16.7. The second-order valence-electron chi connectivity index (χ2n) is 7.73. The number of ether oxygens (including phenoxy) is 1. The van der Waals surface area contributed by atoms with Crippen LogP contribution in [0.25, 0.3) is 38.4 Å². The Kier molecular flexibility index (Phi) is 6.13. The van der Waals surface area contributed by atoms with Gasteiger partial charge in [0.2, 0.25) is 5.91 Å². The largest absolute Gasteiger partial charge is 0.493 e. The van der Waals surface area contributed by atoms with Crippen molar-refractivity contribution in [3.63, 3.8) is 0 Å². The normalized spacial score (nSPS) is 11.7. The van der Waals surface area contributed by atoms with E-state index >= 15 is 0 Å². The molecule has 0 unspecified atom stereocenters. The van der Waals surface area contributed by atoms with E-state index in [0.717, 1.165) is 44.5 Å². The number of fused-ring (bicyclic) bond motifs is 2. The second-order valence-corrected chi connectivity index (χ2v) is 7.73. The lowest BCUT2D eigenvalue weighted by Gasteiger charge is -2.15. The second kappa shape index (κ2) is 9.15. The number of hydrogen-bond acceptors (Lipinski definition) is 3. The summed E-state index contributed by atoms with van der Waals surface area (Å²) >= 11 is 0. The summed E-state index contributed by atoms with van der Waals surface area (Å²) in [5, 5.41) is 6.14. The van der Waals surface area contributed by atoms with Gasteiger partial charge in [0, 0.05) is 34.7 Å². The zero-order valence-electron chi connectivity index (χ0n) is 18.7. The molecule has 1 aromatic heterocycles. The topological polar surface area (TPSA) is 51.5 Å². The van der Waals surface area contributed by atoms with Crippen LogP contribution in [0.1, 0.15) is 25.0 Å². The van der Waals surface area contributed by atoms with Crippen molar-refractivity contribution in [2.75, 3.05) is 13.2 Å². The molecule has 0 saturated heterocycles. The first kappa shape index (κ1) is 21.4. The first-order valence-corrected chi connectivity index (χ1v) is 10.8. The predicted molar refractivity (Wildman–Crippen MR) is 132 cm³/mol. The SMILES string of the molecule is C=CCNC(=O)/C=C(\C)c1cc2c(-c3cccc4ccccc34)coc2c(C)c1OCC. The number of benzene rings is 3. The number of allylic oxidation sites excluding steroid dienone is 1. The third-order valence-corrected chi connectivity index (χ3v) is 5.61. The first-order valence-electron chi connectivity index (χ1n) is 10.8. The third kappa shape index (κ3) is 3.92. The van der Waals surface area contributed by atoms with Crippen LogP contribution in [0.2, 0.25) is 0 Å². The van der Waals surface area contributed by atoms with Gasteiger partial charge < -0.3 is 14.5 Å². The molecule has 0 fully saturated rings. The summed E-state index contributed by atoms with van der Waals surface area (Å²) in [5.41, 5.74) is 5.56. The molecule has 32 heavy (non-hydrogen) atoms. The molecule has 1 heterocycles. The molecule has 0 saturated carbocycles. The van der Waals surface area contributed by atoms with Gasteiger partial charge in [-0.05, 0) is 48.7 Å². The fourth-order valence-electron chi connectivity index (χ4n) is 4.11. The molecular formula is C28H27NO3. The highest BCUT2D eigenvalue weighted by molar-refractivity contribution is 6.07. The molecule has 4 rings (SSSR count). The summed E-state index contributed by atoms with van der Waals surface area (Å²) in [6.45, 7) is 10.5. The van der Waals surface area contributed by atoms with Crippen LogP contribution >= 0.6 is 0 Å². The number of rotatable bonds is 7. The summed E-state index contributed by atoms with van der Waals surface area (Å²) in [7, 11) is 0. The Hall–Kier alpha value is -3.79. The van der Waals surface area contributed by atoms with Gasteiger partial charge in [-0.15, -0.1) is 6.58 Å². The molecule has 0 aliphatic heterocycles. The molecule has 162 valence electrons. The summed E-state index contributed by atoms with van der Waals surface area (Å²) < 4.78 is 12.0. The maximum Gasteiger partial charge on any atom is 0.244 e. The molecule has 0 bridgehead atoms. The average Bonchev–Trinajstić information content (AvgIpc) is 3.23. The fourth-order valence-corrected chi connectivity index (χ4v) is 4.11. The van der Waals surface area contributed by atoms with E-state index in [-0.39, 0.29) is 5.91 Å². The highest BCUT2D eigenvalue weighted by Crippen LogP contribution is 2.42. The molecule has 1 amide bonds. The zero-order chi connectivity index (χ0) is 22.7. The van der Waals surface area contributed by atoms with E-state index in [2.05, 4.69) is 48.3 Å². The lowest BCUT2D eigenvalue weighted by molar-refractivity contribution is -0.116. The molecule has 0 aliphatic rings. The highest BCUT2D eigenvalue weighted by Gasteiger charge is 2.20. The van der Waals surface area contributed by atoms with Gasteiger partial charge in [-0.3, -0.25) is 4.79 Å². The monoisotopic (exact) mass is 425 g/mol. The lowest BCUT2D eigenvalue weighted by Crippen LogP contribution is -2.20. The smallest absolute Gasteiger partial charge is 0.244 e. The fraction of sp³-hybridized carbons (Fsp3) is 0.179. The maximum absolute atomic E-state index is 12.3. The minimum atomic E-state index is -0.163. The highest BCUT2D eigenvalue weighted by atomic mass is 16.5. The Morgan fingerprint density at radius 2 is 1.91 bits per heavy atom. The van der Waals surface area contributed by atoms with E-state index < -0.39 is 0 Å².